The van der Waals surface area contributed by atoms with Crippen molar-refractivity contribution >= 4 is 0 Å². The van der Waals surface area contributed by atoms with E-state index in [2.05, 4.69) is 43.2 Å². The molecule has 112 valence electrons. The Morgan fingerprint density at radius 3 is 2.75 bits per heavy atom. The molecule has 2 nitrogen and oxygen atoms in total. The number of hydrogen-bond acceptors (Lipinski definition) is 2. The summed E-state index contributed by atoms with van der Waals surface area (Å²) in [5.74, 6) is 2.58. The third-order valence-corrected chi connectivity index (χ3v) is 5.02. The summed E-state index contributed by atoms with van der Waals surface area (Å²) in [5, 5.41) is 3.78. The molecular formula is C18H30N2. The monoisotopic (exact) mass is 274 g/mol. The summed E-state index contributed by atoms with van der Waals surface area (Å²) in [4.78, 5) is 4.52. The molecule has 0 amide bonds. The molecule has 4 unspecified atom stereocenters. The quantitative estimate of drug-likeness (QED) is 0.846. The maximum atomic E-state index is 4.52. The predicted octanol–water partition coefficient (Wildman–Crippen LogP) is 4.06. The lowest BCUT2D eigenvalue weighted by Crippen LogP contribution is -2.41. The molecule has 1 aliphatic carbocycles. The number of pyridine rings is 1. The highest BCUT2D eigenvalue weighted by Crippen LogP contribution is 2.35. The van der Waals surface area contributed by atoms with Gasteiger partial charge in [0, 0.05) is 24.4 Å². The molecular weight excluding hydrogens is 244 g/mol. The van der Waals surface area contributed by atoms with E-state index in [1.54, 1.807) is 0 Å². The molecule has 0 bridgehead atoms. The molecule has 1 fully saturated rings. The van der Waals surface area contributed by atoms with Crippen LogP contribution in [0.15, 0.2) is 24.4 Å². The van der Waals surface area contributed by atoms with Crippen LogP contribution in [0.5, 0.6) is 0 Å². The lowest BCUT2D eigenvalue weighted by atomic mass is 9.72. The third kappa shape index (κ3) is 4.31. The van der Waals surface area contributed by atoms with Gasteiger partial charge >= 0.3 is 0 Å². The molecule has 1 aliphatic rings. The standard InChI is InChI=1S/C18H30N2/c1-4-10-20-18(13-17-7-5-6-11-19-17)16-9-8-14(2)15(3)12-16/h5-7,11,14-16,18,20H,4,8-10,12-13H2,1-3H3. The number of nitrogens with zero attached hydrogens (tertiary/aromatic N) is 1. The first-order valence-electron chi connectivity index (χ1n) is 8.34. The SMILES string of the molecule is CCCNC(Cc1ccccn1)C1CCC(C)C(C)C1. The van der Waals surface area contributed by atoms with Crippen molar-refractivity contribution in [3.05, 3.63) is 30.1 Å². The summed E-state index contributed by atoms with van der Waals surface area (Å²) < 4.78 is 0. The molecule has 1 aromatic rings. The molecule has 20 heavy (non-hydrogen) atoms. The second-order valence-corrected chi connectivity index (χ2v) is 6.61. The van der Waals surface area contributed by atoms with E-state index in [1.807, 2.05) is 12.3 Å². The maximum absolute atomic E-state index is 4.52. The number of rotatable bonds is 6. The van der Waals surface area contributed by atoms with Crippen molar-refractivity contribution in [1.82, 2.24) is 10.3 Å². The van der Waals surface area contributed by atoms with Crippen LogP contribution in [0, 0.1) is 17.8 Å². The second kappa shape index (κ2) is 7.78. The average molecular weight is 274 g/mol. The van der Waals surface area contributed by atoms with Crippen LogP contribution in [0.4, 0.5) is 0 Å². The van der Waals surface area contributed by atoms with Crippen LogP contribution in [0.1, 0.15) is 52.1 Å². The van der Waals surface area contributed by atoms with Crippen LogP contribution < -0.4 is 5.32 Å². The van der Waals surface area contributed by atoms with E-state index in [1.165, 1.54) is 31.4 Å². The zero-order chi connectivity index (χ0) is 14.4. The highest BCUT2D eigenvalue weighted by Gasteiger charge is 2.30. The van der Waals surface area contributed by atoms with Crippen LogP contribution in [-0.2, 0) is 6.42 Å². The fourth-order valence-corrected chi connectivity index (χ4v) is 3.43. The van der Waals surface area contributed by atoms with Crippen LogP contribution in [0.2, 0.25) is 0 Å². The fourth-order valence-electron chi connectivity index (χ4n) is 3.43. The van der Waals surface area contributed by atoms with Gasteiger partial charge in [0.15, 0.2) is 0 Å². The lowest BCUT2D eigenvalue weighted by Gasteiger charge is -2.37. The molecule has 1 aromatic heterocycles. The van der Waals surface area contributed by atoms with E-state index in [9.17, 15) is 0 Å². The Balaban J connectivity index is 1.99. The number of hydrogen-bond donors (Lipinski definition) is 1. The molecule has 0 radical (unpaired) electrons. The predicted molar refractivity (Wildman–Crippen MR) is 85.7 cm³/mol. The van der Waals surface area contributed by atoms with E-state index in [-0.39, 0.29) is 0 Å². The van der Waals surface area contributed by atoms with E-state index in [0.717, 1.165) is 30.7 Å². The third-order valence-electron chi connectivity index (χ3n) is 5.02. The summed E-state index contributed by atoms with van der Waals surface area (Å²) in [6.07, 6.45) is 8.33. The van der Waals surface area contributed by atoms with E-state index in [0.29, 0.717) is 6.04 Å². The van der Waals surface area contributed by atoms with Crippen molar-refractivity contribution in [1.29, 1.82) is 0 Å². The fraction of sp³-hybridized carbons (Fsp3) is 0.722. The molecule has 2 heteroatoms. The van der Waals surface area contributed by atoms with Crippen molar-refractivity contribution in [2.75, 3.05) is 6.54 Å². The minimum Gasteiger partial charge on any atom is -0.313 e. The van der Waals surface area contributed by atoms with Crippen LogP contribution in [0.25, 0.3) is 0 Å². The van der Waals surface area contributed by atoms with Gasteiger partial charge in [-0.15, -0.1) is 0 Å². The normalized spacial score (nSPS) is 28.2. The van der Waals surface area contributed by atoms with Gasteiger partial charge in [0.25, 0.3) is 0 Å². The van der Waals surface area contributed by atoms with Crippen molar-refractivity contribution in [3.63, 3.8) is 0 Å². The van der Waals surface area contributed by atoms with Gasteiger partial charge < -0.3 is 5.32 Å². The Kier molecular flexibility index (Phi) is 6.03. The van der Waals surface area contributed by atoms with Crippen molar-refractivity contribution < 1.29 is 0 Å². The van der Waals surface area contributed by atoms with Crippen molar-refractivity contribution in [3.8, 4) is 0 Å². The zero-order valence-corrected chi connectivity index (χ0v) is 13.3. The summed E-state index contributed by atoms with van der Waals surface area (Å²) in [5.41, 5.74) is 1.23. The summed E-state index contributed by atoms with van der Waals surface area (Å²) >= 11 is 0. The van der Waals surface area contributed by atoms with E-state index >= 15 is 0 Å². The van der Waals surface area contributed by atoms with Gasteiger partial charge in [-0.1, -0.05) is 33.3 Å². The Labute approximate surface area is 124 Å². The van der Waals surface area contributed by atoms with Crippen molar-refractivity contribution in [2.24, 2.45) is 17.8 Å². The average Bonchev–Trinajstić information content (AvgIpc) is 2.47. The Bertz CT molecular complexity index is 376. The van der Waals surface area contributed by atoms with Crippen LogP contribution in [0.3, 0.4) is 0 Å². The van der Waals surface area contributed by atoms with Crippen LogP contribution in [-0.4, -0.2) is 17.6 Å². The van der Waals surface area contributed by atoms with Gasteiger partial charge in [-0.05, 0) is 55.7 Å². The molecule has 1 saturated carbocycles. The van der Waals surface area contributed by atoms with Crippen molar-refractivity contribution in [2.45, 2.75) is 58.9 Å². The van der Waals surface area contributed by atoms with E-state index in [4.69, 9.17) is 0 Å². The summed E-state index contributed by atoms with van der Waals surface area (Å²) in [6.45, 7) is 8.21. The minimum absolute atomic E-state index is 0.597. The lowest BCUT2D eigenvalue weighted by molar-refractivity contribution is 0.169. The smallest absolute Gasteiger partial charge is 0.0419 e. The second-order valence-electron chi connectivity index (χ2n) is 6.61. The Hall–Kier alpha value is -0.890. The molecule has 4 atom stereocenters. The zero-order valence-electron chi connectivity index (χ0n) is 13.3. The summed E-state index contributed by atoms with van der Waals surface area (Å²) in [6, 6.07) is 6.86. The molecule has 0 saturated heterocycles. The van der Waals surface area contributed by atoms with Gasteiger partial charge in [-0.2, -0.15) is 0 Å². The maximum Gasteiger partial charge on any atom is 0.0419 e. The topological polar surface area (TPSA) is 24.9 Å². The molecule has 0 spiro atoms. The largest absolute Gasteiger partial charge is 0.313 e. The number of nitrogens with one attached hydrogen (secondary N) is 1. The Morgan fingerprint density at radius 2 is 2.10 bits per heavy atom. The van der Waals surface area contributed by atoms with Gasteiger partial charge in [-0.25, -0.2) is 0 Å². The van der Waals surface area contributed by atoms with Gasteiger partial charge in [0.05, 0.1) is 0 Å². The molecule has 1 heterocycles. The van der Waals surface area contributed by atoms with Crippen LogP contribution >= 0.6 is 0 Å². The highest BCUT2D eigenvalue weighted by molar-refractivity contribution is 5.06. The summed E-state index contributed by atoms with van der Waals surface area (Å²) in [7, 11) is 0. The first-order valence-corrected chi connectivity index (χ1v) is 8.34. The van der Waals surface area contributed by atoms with Gasteiger partial charge in [0.2, 0.25) is 0 Å². The van der Waals surface area contributed by atoms with Gasteiger partial charge in [0.1, 0.15) is 0 Å². The first-order chi connectivity index (χ1) is 9.70. The van der Waals surface area contributed by atoms with Gasteiger partial charge in [-0.3, -0.25) is 4.98 Å². The number of aromatic nitrogens is 1. The highest BCUT2D eigenvalue weighted by atomic mass is 14.9. The minimum atomic E-state index is 0.597. The van der Waals surface area contributed by atoms with E-state index < -0.39 is 0 Å². The Morgan fingerprint density at radius 1 is 1.25 bits per heavy atom. The molecule has 0 aromatic carbocycles. The molecule has 2 rings (SSSR count). The first kappa shape index (κ1) is 15.5. The molecule has 1 N–H and O–H groups in total. The molecule has 0 aliphatic heterocycles.